The first-order valence-electron chi connectivity index (χ1n) is 7.47. The Hall–Kier alpha value is -1.88. The molecule has 1 fully saturated rings. The van der Waals surface area contributed by atoms with Crippen LogP contribution in [0.2, 0.25) is 0 Å². The standard InChI is InChI=1S/C16H22N2O3/c19-15(13-8-4-5-11-17-13)18-14(16(20)21)10-9-12-6-2-1-3-7-12/h1-3,6-7,13-14,17H,4-5,8-11H2,(H,18,19)(H,20,21)/t13-,14+/m1/s1. The fraction of sp³-hybridized carbons (Fsp3) is 0.500. The largest absolute Gasteiger partial charge is 0.480 e. The van der Waals surface area contributed by atoms with Gasteiger partial charge in [-0.2, -0.15) is 0 Å². The lowest BCUT2D eigenvalue weighted by molar-refractivity contribution is -0.142. The van der Waals surface area contributed by atoms with Crippen LogP contribution in [0, 0.1) is 0 Å². The SMILES string of the molecule is O=C(O)[C@H](CCc1ccccc1)NC(=O)[C@H]1CCCCN1. The van der Waals surface area contributed by atoms with Crippen molar-refractivity contribution in [2.24, 2.45) is 0 Å². The fourth-order valence-corrected chi connectivity index (χ4v) is 2.56. The molecular formula is C16H22N2O3. The van der Waals surface area contributed by atoms with Crippen LogP contribution in [-0.2, 0) is 16.0 Å². The number of carboxylic acid groups (broad SMARTS) is 1. The van der Waals surface area contributed by atoms with E-state index in [2.05, 4.69) is 10.6 Å². The summed E-state index contributed by atoms with van der Waals surface area (Å²) in [6.45, 7) is 0.819. The van der Waals surface area contributed by atoms with Crippen LogP contribution in [0.5, 0.6) is 0 Å². The van der Waals surface area contributed by atoms with Crippen molar-refractivity contribution in [1.82, 2.24) is 10.6 Å². The number of benzene rings is 1. The number of nitrogens with one attached hydrogen (secondary N) is 2. The average Bonchev–Trinajstić information content (AvgIpc) is 2.52. The summed E-state index contributed by atoms with van der Waals surface area (Å²) < 4.78 is 0. The second kappa shape index (κ2) is 7.78. The Bertz CT molecular complexity index is 470. The number of hydrogen-bond acceptors (Lipinski definition) is 3. The molecule has 0 aliphatic carbocycles. The van der Waals surface area contributed by atoms with E-state index in [4.69, 9.17) is 0 Å². The predicted molar refractivity (Wildman–Crippen MR) is 80.0 cm³/mol. The molecule has 0 aromatic heterocycles. The van der Waals surface area contributed by atoms with Crippen LogP contribution in [0.3, 0.4) is 0 Å². The first-order chi connectivity index (χ1) is 10.2. The van der Waals surface area contributed by atoms with Gasteiger partial charge in [0.25, 0.3) is 0 Å². The Kier molecular flexibility index (Phi) is 5.75. The summed E-state index contributed by atoms with van der Waals surface area (Å²) in [5.41, 5.74) is 1.08. The molecule has 21 heavy (non-hydrogen) atoms. The highest BCUT2D eigenvalue weighted by Crippen LogP contribution is 2.09. The molecule has 1 saturated heterocycles. The van der Waals surface area contributed by atoms with E-state index in [1.807, 2.05) is 30.3 Å². The molecule has 2 rings (SSSR count). The van der Waals surface area contributed by atoms with Crippen molar-refractivity contribution in [2.75, 3.05) is 6.54 Å². The zero-order valence-electron chi connectivity index (χ0n) is 12.0. The van der Waals surface area contributed by atoms with Crippen molar-refractivity contribution in [3.63, 3.8) is 0 Å². The zero-order chi connectivity index (χ0) is 15.1. The minimum atomic E-state index is -0.977. The summed E-state index contributed by atoms with van der Waals surface area (Å²) in [4.78, 5) is 23.4. The van der Waals surface area contributed by atoms with Gasteiger partial charge in [-0.15, -0.1) is 0 Å². The van der Waals surface area contributed by atoms with Crippen molar-refractivity contribution in [3.05, 3.63) is 35.9 Å². The maximum absolute atomic E-state index is 12.1. The predicted octanol–water partition coefficient (Wildman–Crippen LogP) is 1.33. The topological polar surface area (TPSA) is 78.4 Å². The van der Waals surface area contributed by atoms with Crippen molar-refractivity contribution >= 4 is 11.9 Å². The second-order valence-electron chi connectivity index (χ2n) is 5.43. The van der Waals surface area contributed by atoms with Crippen LogP contribution in [0.1, 0.15) is 31.2 Å². The molecule has 0 radical (unpaired) electrons. The van der Waals surface area contributed by atoms with Crippen molar-refractivity contribution in [1.29, 1.82) is 0 Å². The van der Waals surface area contributed by atoms with Gasteiger partial charge in [0, 0.05) is 0 Å². The monoisotopic (exact) mass is 290 g/mol. The van der Waals surface area contributed by atoms with Crippen LogP contribution in [-0.4, -0.2) is 35.6 Å². The molecule has 0 unspecified atom stereocenters. The first kappa shape index (κ1) is 15.5. The van der Waals surface area contributed by atoms with E-state index < -0.39 is 12.0 Å². The normalized spacial score (nSPS) is 19.7. The van der Waals surface area contributed by atoms with Gasteiger partial charge in [-0.3, -0.25) is 4.79 Å². The summed E-state index contributed by atoms with van der Waals surface area (Å²) >= 11 is 0. The zero-order valence-corrected chi connectivity index (χ0v) is 12.0. The van der Waals surface area contributed by atoms with Crippen LogP contribution in [0.4, 0.5) is 0 Å². The van der Waals surface area contributed by atoms with Crippen molar-refractivity contribution < 1.29 is 14.7 Å². The number of amides is 1. The maximum Gasteiger partial charge on any atom is 0.326 e. The van der Waals surface area contributed by atoms with Gasteiger partial charge in [0.2, 0.25) is 5.91 Å². The molecule has 5 nitrogen and oxygen atoms in total. The Morgan fingerprint density at radius 1 is 1.29 bits per heavy atom. The minimum Gasteiger partial charge on any atom is -0.480 e. The average molecular weight is 290 g/mol. The third-order valence-electron chi connectivity index (χ3n) is 3.81. The van der Waals surface area contributed by atoms with Gasteiger partial charge in [0.15, 0.2) is 0 Å². The fourth-order valence-electron chi connectivity index (χ4n) is 2.56. The van der Waals surface area contributed by atoms with E-state index in [1.165, 1.54) is 0 Å². The summed E-state index contributed by atoms with van der Waals surface area (Å²) in [5.74, 6) is -1.18. The van der Waals surface area contributed by atoms with E-state index in [-0.39, 0.29) is 11.9 Å². The second-order valence-corrected chi connectivity index (χ2v) is 5.43. The van der Waals surface area contributed by atoms with Gasteiger partial charge in [0.05, 0.1) is 6.04 Å². The highest BCUT2D eigenvalue weighted by atomic mass is 16.4. The number of hydrogen-bond donors (Lipinski definition) is 3. The van der Waals surface area contributed by atoms with Gasteiger partial charge in [0.1, 0.15) is 6.04 Å². The lowest BCUT2D eigenvalue weighted by Gasteiger charge is -2.24. The number of carbonyl (C=O) groups is 2. The highest BCUT2D eigenvalue weighted by molar-refractivity contribution is 5.86. The Balaban J connectivity index is 1.86. The molecule has 2 atom stereocenters. The lowest BCUT2D eigenvalue weighted by Crippen LogP contribution is -2.51. The van der Waals surface area contributed by atoms with Crippen LogP contribution >= 0.6 is 0 Å². The number of carbonyl (C=O) groups excluding carboxylic acids is 1. The molecule has 3 N–H and O–H groups in total. The number of aryl methyl sites for hydroxylation is 1. The van der Waals surface area contributed by atoms with Gasteiger partial charge < -0.3 is 15.7 Å². The molecule has 5 heteroatoms. The van der Waals surface area contributed by atoms with Crippen molar-refractivity contribution in [2.45, 2.75) is 44.2 Å². The number of rotatable bonds is 6. The van der Waals surface area contributed by atoms with Crippen LogP contribution in [0.25, 0.3) is 0 Å². The number of aliphatic carboxylic acids is 1. The maximum atomic E-state index is 12.1. The van der Waals surface area contributed by atoms with Gasteiger partial charge in [-0.05, 0) is 37.8 Å². The summed E-state index contributed by atoms with van der Waals surface area (Å²) in [6, 6.07) is 8.62. The lowest BCUT2D eigenvalue weighted by atomic mass is 10.0. The minimum absolute atomic E-state index is 0.199. The molecule has 0 bridgehead atoms. The quantitative estimate of drug-likeness (QED) is 0.738. The van der Waals surface area contributed by atoms with Crippen LogP contribution < -0.4 is 10.6 Å². The van der Waals surface area contributed by atoms with Gasteiger partial charge >= 0.3 is 5.97 Å². The Labute approximate surface area is 124 Å². The van der Waals surface area contributed by atoms with E-state index in [0.717, 1.165) is 31.4 Å². The van der Waals surface area contributed by atoms with E-state index in [0.29, 0.717) is 12.8 Å². The molecular weight excluding hydrogens is 268 g/mol. The van der Waals surface area contributed by atoms with Crippen molar-refractivity contribution in [3.8, 4) is 0 Å². The summed E-state index contributed by atoms with van der Waals surface area (Å²) in [7, 11) is 0. The Morgan fingerprint density at radius 2 is 2.05 bits per heavy atom. The van der Waals surface area contributed by atoms with Gasteiger partial charge in [-0.25, -0.2) is 4.79 Å². The molecule has 1 amide bonds. The number of carboxylic acids is 1. The first-order valence-corrected chi connectivity index (χ1v) is 7.47. The van der Waals surface area contributed by atoms with Crippen LogP contribution in [0.15, 0.2) is 30.3 Å². The van der Waals surface area contributed by atoms with Gasteiger partial charge in [-0.1, -0.05) is 36.8 Å². The smallest absolute Gasteiger partial charge is 0.326 e. The molecule has 1 aromatic carbocycles. The third kappa shape index (κ3) is 4.86. The molecule has 0 saturated carbocycles. The molecule has 114 valence electrons. The molecule has 1 aromatic rings. The van der Waals surface area contributed by atoms with E-state index >= 15 is 0 Å². The third-order valence-corrected chi connectivity index (χ3v) is 3.81. The van der Waals surface area contributed by atoms with E-state index in [1.54, 1.807) is 0 Å². The molecule has 1 heterocycles. The number of piperidine rings is 1. The molecule has 0 spiro atoms. The molecule has 1 aliphatic rings. The molecule has 1 aliphatic heterocycles. The van der Waals surface area contributed by atoms with E-state index in [9.17, 15) is 14.7 Å². The summed E-state index contributed by atoms with van der Waals surface area (Å²) in [6.07, 6.45) is 3.89. The summed E-state index contributed by atoms with van der Waals surface area (Å²) in [5, 5.41) is 15.1. The highest BCUT2D eigenvalue weighted by Gasteiger charge is 2.25. The Morgan fingerprint density at radius 3 is 2.67 bits per heavy atom.